The smallest absolute Gasteiger partial charge is 0.160 e. The van der Waals surface area contributed by atoms with E-state index in [1.54, 1.807) is 23.5 Å². The second-order valence-corrected chi connectivity index (χ2v) is 12.3. The number of thioether (sulfide) groups is 1. The third-order valence-corrected chi connectivity index (χ3v) is 8.83. The van der Waals surface area contributed by atoms with Crippen molar-refractivity contribution >= 4 is 50.7 Å². The molecule has 0 atom stereocenters. The third-order valence-electron chi connectivity index (χ3n) is 6.71. The molecule has 5 rings (SSSR count). The summed E-state index contributed by atoms with van der Waals surface area (Å²) in [5.74, 6) is 0.604. The van der Waals surface area contributed by atoms with Crippen LogP contribution in [0.15, 0.2) is 148 Å². The van der Waals surface area contributed by atoms with Crippen molar-refractivity contribution in [2.24, 2.45) is 4.99 Å². The summed E-state index contributed by atoms with van der Waals surface area (Å²) in [6.07, 6.45) is 3.91. The molecule has 0 bridgehead atoms. The van der Waals surface area contributed by atoms with Crippen LogP contribution in [0, 0.1) is 13.8 Å². The number of para-hydroxylation sites is 2. The monoisotopic (exact) mass is 598 g/mol. The van der Waals surface area contributed by atoms with E-state index >= 15 is 0 Å². The summed E-state index contributed by atoms with van der Waals surface area (Å²) in [5.41, 5.74) is 7.07. The Morgan fingerprint density at radius 1 is 0.791 bits per heavy atom. The fourth-order valence-corrected chi connectivity index (χ4v) is 6.10. The van der Waals surface area contributed by atoms with Gasteiger partial charge in [-0.25, -0.2) is 9.97 Å². The number of rotatable bonds is 10. The van der Waals surface area contributed by atoms with Gasteiger partial charge in [0.15, 0.2) is 5.82 Å². The molecule has 0 aliphatic rings. The number of benzene rings is 4. The molecule has 1 N–H and O–H groups in total. The average Bonchev–Trinajstić information content (AvgIpc) is 3.03. The zero-order valence-corrected chi connectivity index (χ0v) is 26.3. The summed E-state index contributed by atoms with van der Waals surface area (Å²) in [6, 6.07) is 33.3. The average molecular weight is 599 g/mol. The predicted molar refractivity (Wildman–Crippen MR) is 187 cm³/mol. The van der Waals surface area contributed by atoms with Crippen LogP contribution in [-0.2, 0) is 0 Å². The van der Waals surface area contributed by atoms with E-state index in [2.05, 4.69) is 104 Å². The number of aromatic nitrogens is 2. The van der Waals surface area contributed by atoms with E-state index in [0.29, 0.717) is 12.4 Å². The Labute approximate surface area is 262 Å². The minimum atomic E-state index is 0.570. The van der Waals surface area contributed by atoms with Crippen molar-refractivity contribution in [3.05, 3.63) is 150 Å². The first-order valence-electron chi connectivity index (χ1n) is 14.0. The number of anilines is 1. The van der Waals surface area contributed by atoms with Crippen LogP contribution >= 0.6 is 23.5 Å². The topological polar surface area (TPSA) is 50.2 Å². The molecule has 43 heavy (non-hydrogen) atoms. The molecule has 6 heteroatoms. The van der Waals surface area contributed by atoms with Gasteiger partial charge in [0.1, 0.15) is 10.1 Å². The molecular weight excluding hydrogens is 565 g/mol. The van der Waals surface area contributed by atoms with Crippen molar-refractivity contribution in [3.8, 4) is 0 Å². The van der Waals surface area contributed by atoms with Gasteiger partial charge in [0.25, 0.3) is 0 Å². The van der Waals surface area contributed by atoms with Crippen LogP contribution < -0.4 is 5.32 Å². The SMILES string of the molecule is C=C(/C=C\C(=C)c1nc(Sc2ccc(C)cc2)c2ccccc2n1)CNc1ccccc1C(=NC)Sc1ccc(C)cc1. The number of hydrogen-bond donors (Lipinski definition) is 1. The van der Waals surface area contributed by atoms with E-state index in [0.717, 1.165) is 53.2 Å². The van der Waals surface area contributed by atoms with E-state index < -0.39 is 0 Å². The number of nitrogens with zero attached hydrogens (tertiary/aromatic N) is 3. The van der Waals surface area contributed by atoms with Gasteiger partial charge in [-0.2, -0.15) is 0 Å². The highest BCUT2D eigenvalue weighted by Gasteiger charge is 2.12. The Morgan fingerprint density at radius 2 is 1.44 bits per heavy atom. The van der Waals surface area contributed by atoms with Crippen LogP contribution in [0.5, 0.6) is 0 Å². The van der Waals surface area contributed by atoms with Crippen molar-refractivity contribution in [3.63, 3.8) is 0 Å². The molecule has 0 aliphatic heterocycles. The minimum absolute atomic E-state index is 0.570. The van der Waals surface area contributed by atoms with Gasteiger partial charge < -0.3 is 5.32 Å². The lowest BCUT2D eigenvalue weighted by Gasteiger charge is -2.14. The Balaban J connectivity index is 1.28. The molecule has 214 valence electrons. The largest absolute Gasteiger partial charge is 0.380 e. The van der Waals surface area contributed by atoms with Crippen molar-refractivity contribution in [1.29, 1.82) is 0 Å². The molecule has 0 saturated carbocycles. The highest BCUT2D eigenvalue weighted by atomic mass is 32.2. The summed E-state index contributed by atoms with van der Waals surface area (Å²) in [4.78, 5) is 16.6. The first-order chi connectivity index (χ1) is 20.9. The zero-order valence-electron chi connectivity index (χ0n) is 24.7. The molecule has 0 fully saturated rings. The standard InChI is InChI=1S/C37H34N4S2/c1-25-15-20-29(21-16-25)42-36(38-5)31-10-6-8-12-33(31)39-24-27(3)14-19-28(4)35-40-34-13-9-7-11-32(34)37(41-35)43-30-22-17-26(2)18-23-30/h6-23,39H,3-4,24H2,1-2,5H3/b19-14-,38-36?. The Kier molecular flexibility index (Phi) is 9.92. The van der Waals surface area contributed by atoms with E-state index in [1.165, 1.54) is 11.1 Å². The molecule has 1 aromatic heterocycles. The van der Waals surface area contributed by atoms with Crippen LogP contribution in [0.3, 0.4) is 0 Å². The lowest BCUT2D eigenvalue weighted by Crippen LogP contribution is -2.08. The first-order valence-corrected chi connectivity index (χ1v) is 15.6. The van der Waals surface area contributed by atoms with Crippen molar-refractivity contribution in [2.75, 3.05) is 18.9 Å². The molecule has 1 heterocycles. The van der Waals surface area contributed by atoms with Crippen LogP contribution in [0.4, 0.5) is 5.69 Å². The molecule has 5 aromatic rings. The quantitative estimate of drug-likeness (QED) is 0.0570. The fraction of sp³-hybridized carbons (Fsp3) is 0.108. The second-order valence-electron chi connectivity index (χ2n) is 10.1. The number of nitrogens with one attached hydrogen (secondary N) is 1. The van der Waals surface area contributed by atoms with E-state index in [-0.39, 0.29) is 0 Å². The molecule has 0 saturated heterocycles. The maximum atomic E-state index is 4.91. The maximum absolute atomic E-state index is 4.91. The van der Waals surface area contributed by atoms with Crippen LogP contribution in [0.1, 0.15) is 22.5 Å². The van der Waals surface area contributed by atoms with Gasteiger partial charge in [-0.05, 0) is 55.8 Å². The molecule has 0 aliphatic carbocycles. The van der Waals surface area contributed by atoms with Crippen molar-refractivity contribution in [1.82, 2.24) is 9.97 Å². The Bertz CT molecular complexity index is 1820. The third kappa shape index (κ3) is 7.92. The normalized spacial score (nSPS) is 11.7. The van der Waals surface area contributed by atoms with Crippen LogP contribution in [0.25, 0.3) is 16.5 Å². The molecule has 4 aromatic carbocycles. The van der Waals surface area contributed by atoms with Gasteiger partial charge in [0, 0.05) is 45.6 Å². The van der Waals surface area contributed by atoms with Crippen LogP contribution in [0.2, 0.25) is 0 Å². The molecule has 0 radical (unpaired) electrons. The maximum Gasteiger partial charge on any atom is 0.160 e. The highest BCUT2D eigenvalue weighted by molar-refractivity contribution is 8.14. The summed E-state index contributed by atoms with van der Waals surface area (Å²) in [6.45, 7) is 13.3. The molecule has 4 nitrogen and oxygen atoms in total. The lowest BCUT2D eigenvalue weighted by molar-refractivity contribution is 1.07. The fourth-order valence-electron chi connectivity index (χ4n) is 4.31. The van der Waals surface area contributed by atoms with E-state index in [9.17, 15) is 0 Å². The van der Waals surface area contributed by atoms with Crippen molar-refractivity contribution < 1.29 is 0 Å². The van der Waals surface area contributed by atoms with Gasteiger partial charge in [-0.1, -0.05) is 121 Å². The van der Waals surface area contributed by atoms with Gasteiger partial charge >= 0.3 is 0 Å². The Morgan fingerprint density at radius 3 is 2.16 bits per heavy atom. The first kappa shape index (κ1) is 30.1. The summed E-state index contributed by atoms with van der Waals surface area (Å²) in [5, 5.41) is 6.43. The Hall–Kier alpha value is -4.39. The zero-order chi connectivity index (χ0) is 30.2. The number of aryl methyl sites for hydroxylation is 2. The predicted octanol–water partition coefficient (Wildman–Crippen LogP) is 9.80. The van der Waals surface area contributed by atoms with Gasteiger partial charge in [0.05, 0.1) is 5.52 Å². The number of allylic oxidation sites excluding steroid dienone is 2. The summed E-state index contributed by atoms with van der Waals surface area (Å²) < 4.78 is 0. The molecule has 0 amide bonds. The molecular formula is C37H34N4S2. The lowest BCUT2D eigenvalue weighted by atomic mass is 10.1. The molecule has 0 unspecified atom stereocenters. The van der Waals surface area contributed by atoms with E-state index in [1.807, 2.05) is 49.5 Å². The highest BCUT2D eigenvalue weighted by Crippen LogP contribution is 2.33. The van der Waals surface area contributed by atoms with Gasteiger partial charge in [-0.3, -0.25) is 4.99 Å². The van der Waals surface area contributed by atoms with Crippen LogP contribution in [-0.4, -0.2) is 28.6 Å². The van der Waals surface area contributed by atoms with Gasteiger partial charge in [-0.15, -0.1) is 0 Å². The number of hydrogen-bond acceptors (Lipinski definition) is 6. The van der Waals surface area contributed by atoms with E-state index in [4.69, 9.17) is 9.97 Å². The number of fused-ring (bicyclic) bond motifs is 1. The second kappa shape index (κ2) is 14.2. The summed E-state index contributed by atoms with van der Waals surface area (Å²) >= 11 is 3.30. The minimum Gasteiger partial charge on any atom is -0.380 e. The van der Waals surface area contributed by atoms with Crippen molar-refractivity contribution in [2.45, 2.75) is 28.7 Å². The summed E-state index contributed by atoms with van der Waals surface area (Å²) in [7, 11) is 1.83. The number of aliphatic imine (C=N–C) groups is 1. The molecule has 0 spiro atoms. The van der Waals surface area contributed by atoms with Gasteiger partial charge in [0.2, 0.25) is 0 Å².